The molecule has 0 radical (unpaired) electrons. The highest BCUT2D eigenvalue weighted by Gasteiger charge is 2.27. The number of thioether (sulfide) groups is 1. The van der Waals surface area contributed by atoms with Crippen LogP contribution in [0, 0.1) is 0 Å². The number of nitrogens with one attached hydrogen (secondary N) is 1. The van der Waals surface area contributed by atoms with Crippen molar-refractivity contribution in [1.29, 1.82) is 0 Å². The summed E-state index contributed by atoms with van der Waals surface area (Å²) in [6.45, 7) is 3.27. The van der Waals surface area contributed by atoms with Crippen molar-refractivity contribution >= 4 is 23.6 Å². The maximum Gasteiger partial charge on any atom is 0.329 e. The molecule has 1 N–H and O–H groups in total. The molecule has 98 valence electrons. The van der Waals surface area contributed by atoms with Crippen molar-refractivity contribution in [3.05, 3.63) is 30.3 Å². The van der Waals surface area contributed by atoms with Crippen molar-refractivity contribution in [1.82, 2.24) is 5.32 Å². The van der Waals surface area contributed by atoms with Gasteiger partial charge in [0, 0.05) is 17.1 Å². The Morgan fingerprint density at radius 3 is 2.39 bits per heavy atom. The lowest BCUT2D eigenvalue weighted by molar-refractivity contribution is -0.144. The Hall–Kier alpha value is -1.49. The molecule has 0 saturated carbocycles. The molecule has 4 nitrogen and oxygen atoms in total. The molecule has 0 aliphatic carbocycles. The molecule has 1 amide bonds. The third kappa shape index (κ3) is 4.41. The molecule has 5 heteroatoms. The molecule has 1 rings (SSSR count). The molecular formula is C13H17NO3S. The van der Waals surface area contributed by atoms with Crippen molar-refractivity contribution in [2.24, 2.45) is 0 Å². The second kappa shape index (κ2) is 7.06. The van der Waals surface area contributed by atoms with Crippen LogP contribution >= 0.6 is 11.8 Å². The highest BCUT2D eigenvalue weighted by molar-refractivity contribution is 8.00. The standard InChI is InChI=1S/C13H17NO3S/c1-9(18-11-7-5-4-6-8-11)12(13(16)17-3)14-10(2)15/h4-9,12H,1-3H3,(H,14,15)/t9-,12-/m1/s1. The Bertz CT molecular complexity index is 408. The van der Waals surface area contributed by atoms with E-state index in [1.54, 1.807) is 0 Å². The number of methoxy groups -OCH3 is 1. The molecule has 0 aromatic heterocycles. The van der Waals surface area contributed by atoms with Crippen molar-refractivity contribution in [3.8, 4) is 0 Å². The van der Waals surface area contributed by atoms with Gasteiger partial charge in [-0.1, -0.05) is 25.1 Å². The smallest absolute Gasteiger partial charge is 0.329 e. The summed E-state index contributed by atoms with van der Waals surface area (Å²) >= 11 is 1.52. The van der Waals surface area contributed by atoms with Gasteiger partial charge < -0.3 is 10.1 Å². The first-order valence-corrected chi connectivity index (χ1v) is 6.49. The topological polar surface area (TPSA) is 55.4 Å². The summed E-state index contributed by atoms with van der Waals surface area (Å²) in [7, 11) is 1.32. The third-order valence-electron chi connectivity index (χ3n) is 2.35. The Balaban J connectivity index is 2.73. The Morgan fingerprint density at radius 2 is 1.89 bits per heavy atom. The molecular weight excluding hydrogens is 250 g/mol. The fourth-order valence-corrected chi connectivity index (χ4v) is 2.55. The zero-order valence-corrected chi connectivity index (χ0v) is 11.5. The third-order valence-corrected chi connectivity index (χ3v) is 3.54. The molecule has 1 aromatic carbocycles. The number of rotatable bonds is 5. The Morgan fingerprint density at radius 1 is 1.28 bits per heavy atom. The van der Waals surface area contributed by atoms with Gasteiger partial charge in [-0.2, -0.15) is 0 Å². The van der Waals surface area contributed by atoms with Gasteiger partial charge in [-0.05, 0) is 12.1 Å². The van der Waals surface area contributed by atoms with Crippen molar-refractivity contribution < 1.29 is 14.3 Å². The van der Waals surface area contributed by atoms with Crippen LogP contribution in [-0.4, -0.2) is 30.3 Å². The van der Waals surface area contributed by atoms with Gasteiger partial charge in [-0.3, -0.25) is 4.79 Å². The SMILES string of the molecule is COC(=O)[C@H](NC(C)=O)[C@@H](C)Sc1ccccc1. The lowest BCUT2D eigenvalue weighted by Gasteiger charge is -2.21. The lowest BCUT2D eigenvalue weighted by atomic mass is 10.2. The van der Waals surface area contributed by atoms with E-state index in [0.717, 1.165) is 4.90 Å². The van der Waals surface area contributed by atoms with Gasteiger partial charge in [0.05, 0.1) is 7.11 Å². The lowest BCUT2D eigenvalue weighted by Crippen LogP contribution is -2.46. The largest absolute Gasteiger partial charge is 0.467 e. The molecule has 0 unspecified atom stereocenters. The van der Waals surface area contributed by atoms with Gasteiger partial charge in [0.25, 0.3) is 0 Å². The second-order valence-corrected chi connectivity index (χ2v) is 5.29. The number of ether oxygens (including phenoxy) is 1. The van der Waals surface area contributed by atoms with Gasteiger partial charge in [-0.25, -0.2) is 4.79 Å². The van der Waals surface area contributed by atoms with E-state index in [9.17, 15) is 9.59 Å². The summed E-state index contributed by atoms with van der Waals surface area (Å²) in [5.41, 5.74) is 0. The fourth-order valence-electron chi connectivity index (χ4n) is 1.50. The maximum absolute atomic E-state index is 11.6. The number of benzene rings is 1. The number of carbonyl (C=O) groups excluding carboxylic acids is 2. The zero-order chi connectivity index (χ0) is 13.5. The highest BCUT2D eigenvalue weighted by atomic mass is 32.2. The average molecular weight is 267 g/mol. The summed E-state index contributed by atoms with van der Waals surface area (Å²) in [5, 5.41) is 2.51. The molecule has 0 saturated heterocycles. The van der Waals surface area contributed by atoms with Crippen LogP contribution in [0.15, 0.2) is 35.2 Å². The van der Waals surface area contributed by atoms with E-state index < -0.39 is 12.0 Å². The van der Waals surface area contributed by atoms with Gasteiger partial charge in [0.1, 0.15) is 6.04 Å². The quantitative estimate of drug-likeness (QED) is 0.653. The summed E-state index contributed by atoms with van der Waals surface area (Å²) in [5.74, 6) is -0.674. The van der Waals surface area contributed by atoms with Gasteiger partial charge in [0.15, 0.2) is 0 Å². The first-order chi connectivity index (χ1) is 8.54. The fraction of sp³-hybridized carbons (Fsp3) is 0.385. The van der Waals surface area contributed by atoms with E-state index in [0.29, 0.717) is 0 Å². The van der Waals surface area contributed by atoms with Crippen LogP contribution in [0.2, 0.25) is 0 Å². The number of carbonyl (C=O) groups is 2. The molecule has 0 aliphatic heterocycles. The van der Waals surface area contributed by atoms with Crippen molar-refractivity contribution in [2.45, 2.75) is 30.0 Å². The van der Waals surface area contributed by atoms with E-state index in [1.165, 1.54) is 25.8 Å². The maximum atomic E-state index is 11.6. The first-order valence-electron chi connectivity index (χ1n) is 5.61. The van der Waals surface area contributed by atoms with E-state index in [-0.39, 0.29) is 11.2 Å². The second-order valence-electron chi connectivity index (χ2n) is 3.84. The van der Waals surface area contributed by atoms with Crippen LogP contribution in [0.4, 0.5) is 0 Å². The van der Waals surface area contributed by atoms with Crippen LogP contribution < -0.4 is 5.32 Å². The normalized spacial score (nSPS) is 13.5. The van der Waals surface area contributed by atoms with Gasteiger partial charge in [0.2, 0.25) is 5.91 Å². The van der Waals surface area contributed by atoms with Crippen molar-refractivity contribution in [2.75, 3.05) is 7.11 Å². The summed E-state index contributed by atoms with van der Waals surface area (Å²) in [4.78, 5) is 23.8. The predicted octanol–water partition coefficient (Wildman–Crippen LogP) is 1.84. The van der Waals surface area contributed by atoms with Crippen LogP contribution in [0.1, 0.15) is 13.8 Å². The first kappa shape index (κ1) is 14.6. The van der Waals surface area contributed by atoms with Crippen LogP contribution in [-0.2, 0) is 14.3 Å². The number of hydrogen-bond acceptors (Lipinski definition) is 4. The molecule has 0 fully saturated rings. The highest BCUT2D eigenvalue weighted by Crippen LogP contribution is 2.25. The molecule has 0 aliphatic rings. The molecule has 0 spiro atoms. The van der Waals surface area contributed by atoms with Crippen LogP contribution in [0.3, 0.4) is 0 Å². The predicted molar refractivity (Wildman–Crippen MR) is 71.4 cm³/mol. The zero-order valence-electron chi connectivity index (χ0n) is 10.7. The van der Waals surface area contributed by atoms with E-state index in [1.807, 2.05) is 37.3 Å². The van der Waals surface area contributed by atoms with E-state index in [2.05, 4.69) is 5.32 Å². The van der Waals surface area contributed by atoms with E-state index in [4.69, 9.17) is 4.74 Å². The van der Waals surface area contributed by atoms with E-state index >= 15 is 0 Å². The molecule has 18 heavy (non-hydrogen) atoms. The monoisotopic (exact) mass is 267 g/mol. The van der Waals surface area contributed by atoms with Gasteiger partial charge in [-0.15, -0.1) is 11.8 Å². The summed E-state index contributed by atoms with van der Waals surface area (Å²) in [6, 6.07) is 9.08. The molecule has 0 bridgehead atoms. The van der Waals surface area contributed by atoms with Crippen LogP contribution in [0.25, 0.3) is 0 Å². The summed E-state index contributed by atoms with van der Waals surface area (Å²) in [6.07, 6.45) is 0. The summed E-state index contributed by atoms with van der Waals surface area (Å²) < 4.78 is 4.71. The molecule has 0 heterocycles. The Kier molecular flexibility index (Phi) is 5.71. The number of hydrogen-bond donors (Lipinski definition) is 1. The number of amides is 1. The van der Waals surface area contributed by atoms with Crippen molar-refractivity contribution in [3.63, 3.8) is 0 Å². The average Bonchev–Trinajstić information content (AvgIpc) is 2.36. The Labute approximate surface area is 111 Å². The minimum absolute atomic E-state index is 0.108. The molecule has 2 atom stereocenters. The minimum Gasteiger partial charge on any atom is -0.467 e. The molecule has 1 aromatic rings. The van der Waals surface area contributed by atoms with Gasteiger partial charge >= 0.3 is 5.97 Å². The number of esters is 1. The minimum atomic E-state index is -0.641. The van der Waals surface area contributed by atoms with Crippen LogP contribution in [0.5, 0.6) is 0 Å².